The Labute approximate surface area is 256 Å². The van der Waals surface area contributed by atoms with Crippen molar-refractivity contribution in [3.63, 3.8) is 0 Å². The molecule has 0 aromatic heterocycles. The van der Waals surface area contributed by atoms with Gasteiger partial charge in [0.2, 0.25) is 5.91 Å². The predicted octanol–water partition coefficient (Wildman–Crippen LogP) is 5.25. The van der Waals surface area contributed by atoms with Gasteiger partial charge in [0, 0.05) is 18.2 Å². The van der Waals surface area contributed by atoms with Crippen LogP contribution in [0.2, 0.25) is 10.0 Å². The van der Waals surface area contributed by atoms with Crippen LogP contribution < -0.4 is 15.2 Å². The number of rotatable bonds is 9. The number of likely N-dealkylation sites (tertiary alicyclic amines) is 1. The Morgan fingerprint density at radius 1 is 0.905 bits per heavy atom. The molecule has 2 N–H and O–H groups in total. The van der Waals surface area contributed by atoms with Gasteiger partial charge in [0.1, 0.15) is 23.8 Å². The summed E-state index contributed by atoms with van der Waals surface area (Å²) in [6.07, 6.45) is 1.87. The number of primary amides is 1. The zero-order valence-corrected chi connectivity index (χ0v) is 25.3. The predicted molar refractivity (Wildman–Crippen MR) is 162 cm³/mol. The largest absolute Gasteiger partial charge is 0.497 e. The Bertz CT molecular complexity index is 1420. The van der Waals surface area contributed by atoms with Gasteiger partial charge in [-0.3, -0.25) is 9.59 Å². The van der Waals surface area contributed by atoms with E-state index in [4.69, 9.17) is 43.1 Å². The minimum Gasteiger partial charge on any atom is -0.497 e. The summed E-state index contributed by atoms with van der Waals surface area (Å²) in [5.41, 5.74) is 6.73. The Balaban J connectivity index is 1.35. The monoisotopic (exact) mass is 611 g/mol. The van der Waals surface area contributed by atoms with Gasteiger partial charge in [0.05, 0.1) is 36.2 Å². The van der Waals surface area contributed by atoms with Crippen molar-refractivity contribution in [1.82, 2.24) is 9.80 Å². The molecule has 2 saturated heterocycles. The lowest BCUT2D eigenvalue weighted by atomic mass is 9.72. The number of carbonyl (C=O) groups excluding carboxylic acids is 2. The molecule has 2 aliphatic rings. The van der Waals surface area contributed by atoms with E-state index in [0.29, 0.717) is 72.5 Å². The highest BCUT2D eigenvalue weighted by atomic mass is 35.5. The summed E-state index contributed by atoms with van der Waals surface area (Å²) >= 11 is 12.7. The van der Waals surface area contributed by atoms with Gasteiger partial charge in [0.15, 0.2) is 0 Å². The molecule has 2 aliphatic heterocycles. The summed E-state index contributed by atoms with van der Waals surface area (Å²) in [4.78, 5) is 30.3. The highest BCUT2D eigenvalue weighted by Crippen LogP contribution is 2.40. The molecule has 0 saturated carbocycles. The summed E-state index contributed by atoms with van der Waals surface area (Å²) in [7, 11) is 3.09. The number of hydrogen-bond donors (Lipinski definition) is 1. The van der Waals surface area contributed by atoms with Gasteiger partial charge in [-0.05, 0) is 67.7 Å². The molecule has 222 valence electrons. The molecule has 10 heteroatoms. The molecule has 42 heavy (non-hydrogen) atoms. The number of methoxy groups -OCH3 is 2. The molecule has 0 aliphatic carbocycles. The fraction of sp³-hybridized carbons (Fsp3) is 0.375. The first-order valence-corrected chi connectivity index (χ1v) is 14.6. The van der Waals surface area contributed by atoms with E-state index in [0.717, 1.165) is 11.1 Å². The maximum absolute atomic E-state index is 13.6. The molecule has 2 fully saturated rings. The summed E-state index contributed by atoms with van der Waals surface area (Å²) in [5.74, 6) is 0.576. The van der Waals surface area contributed by atoms with Gasteiger partial charge in [-0.15, -0.1) is 0 Å². The van der Waals surface area contributed by atoms with E-state index >= 15 is 0 Å². The van der Waals surface area contributed by atoms with E-state index in [1.54, 1.807) is 43.4 Å². The topological polar surface area (TPSA) is 94.3 Å². The first kappa shape index (κ1) is 30.2. The molecule has 3 aromatic rings. The number of piperidine rings is 1. The highest BCUT2D eigenvalue weighted by Gasteiger charge is 2.45. The van der Waals surface area contributed by atoms with Crippen molar-refractivity contribution in [2.45, 2.75) is 30.3 Å². The van der Waals surface area contributed by atoms with Crippen molar-refractivity contribution in [2.24, 2.45) is 5.73 Å². The van der Waals surface area contributed by atoms with Crippen molar-refractivity contribution in [3.8, 4) is 11.5 Å². The summed E-state index contributed by atoms with van der Waals surface area (Å²) in [6, 6.07) is 20.4. The molecule has 0 unspecified atom stereocenters. The van der Waals surface area contributed by atoms with Crippen LogP contribution in [-0.2, 0) is 20.5 Å². The average Bonchev–Trinajstić information content (AvgIpc) is 3.46. The average molecular weight is 613 g/mol. The van der Waals surface area contributed by atoms with Crippen LogP contribution in [-0.4, -0.2) is 68.7 Å². The van der Waals surface area contributed by atoms with Crippen molar-refractivity contribution in [2.75, 3.05) is 47.1 Å². The fourth-order valence-electron chi connectivity index (χ4n) is 6.03. The van der Waals surface area contributed by atoms with Gasteiger partial charge in [-0.1, -0.05) is 59.6 Å². The van der Waals surface area contributed by atoms with E-state index in [1.165, 1.54) is 0 Å². The summed E-state index contributed by atoms with van der Waals surface area (Å²) in [5, 5.41) is 0.872. The second-order valence-electron chi connectivity index (χ2n) is 10.9. The lowest BCUT2D eigenvalue weighted by Crippen LogP contribution is -2.50. The number of hydrogen-bond acceptors (Lipinski definition) is 6. The number of halogens is 2. The number of nitrogens with zero attached hydrogens (tertiary/aromatic N) is 2. The maximum Gasteiger partial charge on any atom is 0.256 e. The lowest BCUT2D eigenvalue weighted by Gasteiger charge is -2.41. The van der Waals surface area contributed by atoms with Crippen molar-refractivity contribution >= 4 is 35.0 Å². The van der Waals surface area contributed by atoms with Crippen LogP contribution in [0.3, 0.4) is 0 Å². The SMILES string of the molecule is COc1cc(OC)cc(C(=O)N2CO[C@](CCN3CCC(C(N)=O)(c4ccccc4)CC3)(c3ccc(Cl)c(Cl)c3)C2)c1. The van der Waals surface area contributed by atoms with Crippen LogP contribution in [0.5, 0.6) is 11.5 Å². The van der Waals surface area contributed by atoms with Crippen LogP contribution in [0.1, 0.15) is 40.7 Å². The molecule has 2 heterocycles. The van der Waals surface area contributed by atoms with Crippen LogP contribution in [0.15, 0.2) is 66.7 Å². The van der Waals surface area contributed by atoms with E-state index < -0.39 is 11.0 Å². The quantitative estimate of drug-likeness (QED) is 0.355. The maximum atomic E-state index is 13.6. The Morgan fingerprint density at radius 3 is 2.17 bits per heavy atom. The Kier molecular flexibility index (Phi) is 8.99. The van der Waals surface area contributed by atoms with Gasteiger partial charge >= 0.3 is 0 Å². The molecule has 8 nitrogen and oxygen atoms in total. The zero-order chi connectivity index (χ0) is 29.9. The molecule has 2 amide bonds. The second kappa shape index (κ2) is 12.5. The molecule has 0 bridgehead atoms. The summed E-state index contributed by atoms with van der Waals surface area (Å²) in [6.45, 7) is 2.55. The molecule has 5 rings (SSSR count). The van der Waals surface area contributed by atoms with Crippen molar-refractivity contribution < 1.29 is 23.8 Å². The summed E-state index contributed by atoms with van der Waals surface area (Å²) < 4.78 is 17.2. The van der Waals surface area contributed by atoms with E-state index in [-0.39, 0.29) is 18.5 Å². The Morgan fingerprint density at radius 2 is 1.57 bits per heavy atom. The molecule has 1 atom stereocenters. The number of nitrogens with two attached hydrogens (primary N) is 1. The van der Waals surface area contributed by atoms with Crippen LogP contribution in [0.4, 0.5) is 0 Å². The standard InChI is InChI=1S/C32H35Cl2N3O5/c1-40-25-16-22(17-26(19-25)41-2)29(38)37-20-32(42-21-37,24-8-9-27(33)28(34)18-24)12-15-36-13-10-31(11-14-36,30(35)39)23-6-4-3-5-7-23/h3-9,16-19H,10-15,20-21H2,1-2H3,(H2,35,39)/t32-/m0/s1. The first-order chi connectivity index (χ1) is 20.2. The molecule has 0 radical (unpaired) electrons. The third-order valence-electron chi connectivity index (χ3n) is 8.61. The molecule has 0 spiro atoms. The first-order valence-electron chi connectivity index (χ1n) is 13.9. The molecular weight excluding hydrogens is 577 g/mol. The minimum atomic E-state index is -0.801. The second-order valence-corrected chi connectivity index (χ2v) is 11.7. The van der Waals surface area contributed by atoms with Crippen LogP contribution >= 0.6 is 23.2 Å². The van der Waals surface area contributed by atoms with Gasteiger partial charge in [-0.25, -0.2) is 0 Å². The number of benzene rings is 3. The van der Waals surface area contributed by atoms with Crippen LogP contribution in [0.25, 0.3) is 0 Å². The lowest BCUT2D eigenvalue weighted by molar-refractivity contribution is -0.125. The van der Waals surface area contributed by atoms with E-state index in [1.807, 2.05) is 42.5 Å². The van der Waals surface area contributed by atoms with Crippen molar-refractivity contribution in [1.29, 1.82) is 0 Å². The van der Waals surface area contributed by atoms with Crippen LogP contribution in [0, 0.1) is 0 Å². The molecular formula is C32H35Cl2N3O5. The third-order valence-corrected chi connectivity index (χ3v) is 9.35. The van der Waals surface area contributed by atoms with Gasteiger partial charge in [0.25, 0.3) is 5.91 Å². The molecule has 3 aromatic carbocycles. The van der Waals surface area contributed by atoms with Gasteiger partial charge in [-0.2, -0.15) is 0 Å². The zero-order valence-electron chi connectivity index (χ0n) is 23.8. The van der Waals surface area contributed by atoms with E-state index in [2.05, 4.69) is 4.90 Å². The smallest absolute Gasteiger partial charge is 0.256 e. The minimum absolute atomic E-state index is 0.109. The third kappa shape index (κ3) is 5.95. The van der Waals surface area contributed by atoms with E-state index in [9.17, 15) is 9.59 Å². The van der Waals surface area contributed by atoms with Gasteiger partial charge < -0.3 is 29.7 Å². The fourth-order valence-corrected chi connectivity index (χ4v) is 6.32. The number of amides is 2. The Hall–Kier alpha value is -3.30. The highest BCUT2D eigenvalue weighted by molar-refractivity contribution is 6.42. The van der Waals surface area contributed by atoms with Crippen molar-refractivity contribution in [3.05, 3.63) is 93.5 Å². The normalized spacial score (nSPS) is 20.3. The number of ether oxygens (including phenoxy) is 3. The number of carbonyl (C=O) groups is 2.